The lowest BCUT2D eigenvalue weighted by Crippen LogP contribution is -2.21. The van der Waals surface area contributed by atoms with Gasteiger partial charge < -0.3 is 10.1 Å². The van der Waals surface area contributed by atoms with Gasteiger partial charge in [-0.05, 0) is 44.2 Å². The van der Waals surface area contributed by atoms with E-state index in [4.69, 9.17) is 4.74 Å². The van der Waals surface area contributed by atoms with Crippen LogP contribution in [-0.4, -0.2) is 19.7 Å². The standard InChI is InChI=1S/C15H23NO/c1-16-15-8-7-13(11-15)9-10-17-12-14-5-3-2-4-6-14/h2-6,13,15-16H,7-12H2,1H3. The van der Waals surface area contributed by atoms with Crippen LogP contribution in [0.15, 0.2) is 30.3 Å². The van der Waals surface area contributed by atoms with Gasteiger partial charge in [0.25, 0.3) is 0 Å². The van der Waals surface area contributed by atoms with E-state index in [1.807, 2.05) is 6.07 Å². The van der Waals surface area contributed by atoms with E-state index in [0.29, 0.717) is 0 Å². The molecule has 1 aliphatic rings. The SMILES string of the molecule is CNC1CCC(CCOCc2ccccc2)C1. The minimum absolute atomic E-state index is 0.745. The number of rotatable bonds is 6. The zero-order valence-electron chi connectivity index (χ0n) is 10.7. The third kappa shape index (κ3) is 4.14. The third-order valence-electron chi connectivity index (χ3n) is 3.73. The molecular formula is C15H23NO. The zero-order chi connectivity index (χ0) is 11.9. The molecule has 0 saturated heterocycles. The summed E-state index contributed by atoms with van der Waals surface area (Å²) in [5.41, 5.74) is 1.27. The Morgan fingerprint density at radius 3 is 2.76 bits per heavy atom. The first-order valence-electron chi connectivity index (χ1n) is 6.67. The fourth-order valence-corrected chi connectivity index (χ4v) is 2.61. The normalized spacial score (nSPS) is 24.1. The summed E-state index contributed by atoms with van der Waals surface area (Å²) < 4.78 is 5.73. The molecule has 0 heterocycles. The maximum absolute atomic E-state index is 5.73. The molecule has 0 amide bonds. The van der Waals surface area contributed by atoms with Gasteiger partial charge in [0, 0.05) is 12.6 Å². The molecule has 0 spiro atoms. The van der Waals surface area contributed by atoms with Gasteiger partial charge in [0.2, 0.25) is 0 Å². The lowest BCUT2D eigenvalue weighted by molar-refractivity contribution is 0.107. The minimum atomic E-state index is 0.745. The van der Waals surface area contributed by atoms with Crippen molar-refractivity contribution >= 4 is 0 Å². The molecular weight excluding hydrogens is 210 g/mol. The summed E-state index contributed by atoms with van der Waals surface area (Å²) >= 11 is 0. The van der Waals surface area contributed by atoms with Crippen LogP contribution >= 0.6 is 0 Å². The van der Waals surface area contributed by atoms with Gasteiger partial charge >= 0.3 is 0 Å². The molecule has 0 bridgehead atoms. The highest BCUT2D eigenvalue weighted by atomic mass is 16.5. The summed E-state index contributed by atoms with van der Waals surface area (Å²) in [6.45, 7) is 1.65. The average Bonchev–Trinajstić information content (AvgIpc) is 2.84. The van der Waals surface area contributed by atoms with Crippen molar-refractivity contribution in [3.8, 4) is 0 Å². The maximum atomic E-state index is 5.73. The molecule has 17 heavy (non-hydrogen) atoms. The fraction of sp³-hybridized carbons (Fsp3) is 0.600. The van der Waals surface area contributed by atoms with Gasteiger partial charge in [0.05, 0.1) is 6.61 Å². The van der Waals surface area contributed by atoms with E-state index in [-0.39, 0.29) is 0 Å². The first-order chi connectivity index (χ1) is 8.38. The second-order valence-corrected chi connectivity index (χ2v) is 4.99. The monoisotopic (exact) mass is 233 g/mol. The average molecular weight is 233 g/mol. The quantitative estimate of drug-likeness (QED) is 0.763. The Morgan fingerprint density at radius 1 is 1.24 bits per heavy atom. The minimum Gasteiger partial charge on any atom is -0.377 e. The molecule has 1 aromatic rings. The van der Waals surface area contributed by atoms with Gasteiger partial charge in [-0.3, -0.25) is 0 Å². The Kier molecular flexibility index (Phi) is 5.02. The van der Waals surface area contributed by atoms with Crippen LogP contribution in [-0.2, 0) is 11.3 Å². The molecule has 94 valence electrons. The molecule has 0 aliphatic heterocycles. The van der Waals surface area contributed by atoms with Gasteiger partial charge in [0.1, 0.15) is 0 Å². The van der Waals surface area contributed by atoms with Crippen LogP contribution < -0.4 is 5.32 Å². The van der Waals surface area contributed by atoms with E-state index < -0.39 is 0 Å². The smallest absolute Gasteiger partial charge is 0.0716 e. The van der Waals surface area contributed by atoms with E-state index in [9.17, 15) is 0 Å². The highest BCUT2D eigenvalue weighted by Crippen LogP contribution is 2.27. The van der Waals surface area contributed by atoms with Crippen molar-refractivity contribution < 1.29 is 4.74 Å². The fourth-order valence-electron chi connectivity index (χ4n) is 2.61. The summed E-state index contributed by atoms with van der Waals surface area (Å²) in [6.07, 6.45) is 5.23. The van der Waals surface area contributed by atoms with Gasteiger partial charge in [-0.25, -0.2) is 0 Å². The van der Waals surface area contributed by atoms with E-state index in [1.54, 1.807) is 0 Å². The summed E-state index contributed by atoms with van der Waals surface area (Å²) in [4.78, 5) is 0. The summed E-state index contributed by atoms with van der Waals surface area (Å²) in [6, 6.07) is 11.1. The van der Waals surface area contributed by atoms with Crippen LogP contribution in [0.25, 0.3) is 0 Å². The van der Waals surface area contributed by atoms with Crippen molar-refractivity contribution in [2.75, 3.05) is 13.7 Å². The summed E-state index contributed by atoms with van der Waals surface area (Å²) in [7, 11) is 2.07. The second-order valence-electron chi connectivity index (χ2n) is 4.99. The van der Waals surface area contributed by atoms with Gasteiger partial charge in [-0.1, -0.05) is 30.3 Å². The Balaban J connectivity index is 1.58. The number of ether oxygens (including phenoxy) is 1. The molecule has 2 unspecified atom stereocenters. The van der Waals surface area contributed by atoms with Gasteiger partial charge in [-0.15, -0.1) is 0 Å². The molecule has 2 rings (SSSR count). The molecule has 1 fully saturated rings. The zero-order valence-corrected chi connectivity index (χ0v) is 10.7. The molecule has 2 nitrogen and oxygen atoms in total. The van der Waals surface area contributed by atoms with Crippen LogP contribution in [0.2, 0.25) is 0 Å². The predicted molar refractivity (Wildman–Crippen MR) is 70.9 cm³/mol. The van der Waals surface area contributed by atoms with E-state index in [0.717, 1.165) is 25.2 Å². The number of hydrogen-bond donors (Lipinski definition) is 1. The Morgan fingerprint density at radius 2 is 2.06 bits per heavy atom. The van der Waals surface area contributed by atoms with Crippen LogP contribution in [0.4, 0.5) is 0 Å². The summed E-state index contributed by atoms with van der Waals surface area (Å²) in [5, 5.41) is 3.37. The van der Waals surface area contributed by atoms with E-state index in [2.05, 4.69) is 36.6 Å². The van der Waals surface area contributed by atoms with Crippen molar-refractivity contribution in [2.45, 2.75) is 38.3 Å². The highest BCUT2D eigenvalue weighted by Gasteiger charge is 2.22. The molecule has 1 aliphatic carbocycles. The second kappa shape index (κ2) is 6.77. The lowest BCUT2D eigenvalue weighted by atomic mass is 10.0. The van der Waals surface area contributed by atoms with Crippen molar-refractivity contribution in [1.82, 2.24) is 5.32 Å². The first-order valence-corrected chi connectivity index (χ1v) is 6.67. The number of nitrogens with one attached hydrogen (secondary N) is 1. The molecule has 0 aromatic heterocycles. The Hall–Kier alpha value is -0.860. The topological polar surface area (TPSA) is 21.3 Å². The van der Waals surface area contributed by atoms with Crippen LogP contribution in [0.3, 0.4) is 0 Å². The predicted octanol–water partition coefficient (Wildman–Crippen LogP) is 2.98. The molecule has 1 saturated carbocycles. The van der Waals surface area contributed by atoms with Crippen molar-refractivity contribution in [3.63, 3.8) is 0 Å². The van der Waals surface area contributed by atoms with Gasteiger partial charge in [0.15, 0.2) is 0 Å². The maximum Gasteiger partial charge on any atom is 0.0716 e. The van der Waals surface area contributed by atoms with Crippen molar-refractivity contribution in [1.29, 1.82) is 0 Å². The number of hydrogen-bond acceptors (Lipinski definition) is 2. The molecule has 2 atom stereocenters. The van der Waals surface area contributed by atoms with Crippen LogP contribution in [0.5, 0.6) is 0 Å². The van der Waals surface area contributed by atoms with E-state index in [1.165, 1.54) is 31.2 Å². The van der Waals surface area contributed by atoms with Crippen LogP contribution in [0, 0.1) is 5.92 Å². The summed E-state index contributed by atoms with van der Waals surface area (Å²) in [5.74, 6) is 0.864. The lowest BCUT2D eigenvalue weighted by Gasteiger charge is -2.11. The first kappa shape index (κ1) is 12.6. The van der Waals surface area contributed by atoms with Crippen molar-refractivity contribution in [2.24, 2.45) is 5.92 Å². The van der Waals surface area contributed by atoms with Crippen molar-refractivity contribution in [3.05, 3.63) is 35.9 Å². The highest BCUT2D eigenvalue weighted by molar-refractivity contribution is 5.13. The Bertz CT molecular complexity index is 312. The van der Waals surface area contributed by atoms with E-state index >= 15 is 0 Å². The number of benzene rings is 1. The largest absolute Gasteiger partial charge is 0.377 e. The molecule has 2 heteroatoms. The van der Waals surface area contributed by atoms with Gasteiger partial charge in [-0.2, -0.15) is 0 Å². The third-order valence-corrected chi connectivity index (χ3v) is 3.73. The molecule has 1 aromatic carbocycles. The van der Waals surface area contributed by atoms with Crippen LogP contribution in [0.1, 0.15) is 31.2 Å². The molecule has 0 radical (unpaired) electrons. The molecule has 1 N–H and O–H groups in total. The Labute approximate surface area is 104 Å².